The number of hydrogen-bond acceptors (Lipinski definition) is 4. The smallest absolute Gasteiger partial charge is 0.0739 e. The van der Waals surface area contributed by atoms with Gasteiger partial charge in [-0.1, -0.05) is 103 Å². The van der Waals surface area contributed by atoms with Crippen molar-refractivity contribution in [2.75, 3.05) is 0 Å². The molecule has 0 radical (unpaired) electrons. The molecular formula is C45H29N5S. The highest BCUT2D eigenvalue weighted by molar-refractivity contribution is 7.78. The summed E-state index contributed by atoms with van der Waals surface area (Å²) < 4.78 is 0. The Bertz CT molecular complexity index is 2680. The van der Waals surface area contributed by atoms with Gasteiger partial charge in [0, 0.05) is 44.3 Å². The van der Waals surface area contributed by atoms with Gasteiger partial charge in [0.25, 0.3) is 0 Å². The number of nitrogens with zero attached hydrogens (tertiary/aromatic N) is 3. The molecule has 2 aliphatic heterocycles. The maximum Gasteiger partial charge on any atom is 0.0739 e. The Morgan fingerprint density at radius 3 is 1.02 bits per heavy atom. The highest BCUT2D eigenvalue weighted by Gasteiger charge is 2.18. The molecule has 51 heavy (non-hydrogen) atoms. The van der Waals surface area contributed by atoms with Crippen molar-refractivity contribution in [2.45, 2.75) is 0 Å². The van der Waals surface area contributed by atoms with Crippen molar-refractivity contribution in [3.63, 3.8) is 0 Å². The van der Waals surface area contributed by atoms with Crippen LogP contribution in [0.15, 0.2) is 145 Å². The first-order valence-electron chi connectivity index (χ1n) is 16.7. The molecule has 0 spiro atoms. The Kier molecular flexibility index (Phi) is 7.71. The Morgan fingerprint density at radius 1 is 0.392 bits per heavy atom. The van der Waals surface area contributed by atoms with Crippen molar-refractivity contribution in [3.8, 4) is 44.5 Å². The van der Waals surface area contributed by atoms with E-state index in [1.54, 1.807) is 0 Å². The predicted octanol–water partition coefficient (Wildman–Crippen LogP) is 12.1. The van der Waals surface area contributed by atoms with Crippen molar-refractivity contribution in [1.82, 2.24) is 19.9 Å². The molecule has 0 fully saturated rings. The van der Waals surface area contributed by atoms with Crippen molar-refractivity contribution < 1.29 is 0 Å². The minimum Gasteiger partial charge on any atom is -0.354 e. The molecule has 0 amide bonds. The molecule has 8 bridgehead atoms. The highest BCUT2D eigenvalue weighted by Crippen LogP contribution is 2.38. The Hall–Kier alpha value is -6.72. The number of aromatic nitrogens is 4. The van der Waals surface area contributed by atoms with Gasteiger partial charge in [-0.3, -0.25) is 0 Å². The van der Waals surface area contributed by atoms with Gasteiger partial charge in [0.1, 0.15) is 0 Å². The average molecular weight is 672 g/mol. The number of hydrogen-bond donors (Lipinski definition) is 2. The zero-order valence-corrected chi connectivity index (χ0v) is 28.2. The summed E-state index contributed by atoms with van der Waals surface area (Å²) in [6.07, 6.45) is 8.46. The number of nitrogens with one attached hydrogen (secondary N) is 2. The highest BCUT2D eigenvalue weighted by atomic mass is 32.1. The normalized spacial score (nSPS) is 11.8. The molecule has 2 N–H and O–H groups in total. The zero-order valence-electron chi connectivity index (χ0n) is 27.3. The largest absolute Gasteiger partial charge is 0.354 e. The SMILES string of the molecule is S=C=Nc1ccc(-c2c3nc(c(-c4ccccc4)c4ccc([nH]4)c(-c4ccccc4)c4nc(c(-c5ccccc5)c5ccc2[nH]5)C=C4)C=C3)cc1. The molecule has 5 heterocycles. The first kappa shape index (κ1) is 30.3. The van der Waals surface area contributed by atoms with Crippen molar-refractivity contribution in [2.24, 2.45) is 4.99 Å². The third-order valence-electron chi connectivity index (χ3n) is 9.27. The fraction of sp³-hybridized carbons (Fsp3) is 0. The second kappa shape index (κ2) is 13.0. The summed E-state index contributed by atoms with van der Waals surface area (Å²) >= 11 is 4.87. The minimum absolute atomic E-state index is 0.748. The van der Waals surface area contributed by atoms with Gasteiger partial charge in [-0.2, -0.15) is 4.99 Å². The molecule has 3 aromatic heterocycles. The third kappa shape index (κ3) is 5.65. The standard InChI is InChI=1S/C45H29N5S/c51-28-46-33-18-16-32(17-19-33)45-40-26-24-38(49-40)43(30-12-6-2-7-13-30)36-22-20-34(47-36)42(29-10-4-1-5-11-29)35-21-23-37(48-35)44(31-14-8-3-9-15-31)39-25-27-41(45)50-39/h1-27,47,50H. The van der Waals surface area contributed by atoms with Gasteiger partial charge < -0.3 is 9.97 Å². The molecule has 0 atom stereocenters. The average Bonchev–Trinajstić information content (AvgIpc) is 4.02. The van der Waals surface area contributed by atoms with E-state index in [1.807, 2.05) is 30.3 Å². The summed E-state index contributed by atoms with van der Waals surface area (Å²) in [7, 11) is 0. The van der Waals surface area contributed by atoms with Crippen LogP contribution in [0, 0.1) is 0 Å². The van der Waals surface area contributed by atoms with Crippen LogP contribution >= 0.6 is 12.2 Å². The maximum atomic E-state index is 5.35. The van der Waals surface area contributed by atoms with Crippen LogP contribution in [0.25, 0.3) is 90.9 Å². The molecule has 2 aliphatic rings. The van der Waals surface area contributed by atoms with E-state index < -0.39 is 0 Å². The summed E-state index contributed by atoms with van der Waals surface area (Å²) in [6, 6.07) is 47.9. The molecule has 7 aromatic rings. The molecule has 0 saturated heterocycles. The van der Waals surface area contributed by atoms with Gasteiger partial charge in [0.2, 0.25) is 0 Å². The molecular weight excluding hydrogens is 643 g/mol. The monoisotopic (exact) mass is 671 g/mol. The number of benzene rings is 4. The lowest BCUT2D eigenvalue weighted by molar-refractivity contribution is 1.31. The number of aromatic amines is 2. The third-order valence-corrected chi connectivity index (χ3v) is 9.36. The van der Waals surface area contributed by atoms with Crippen LogP contribution < -0.4 is 0 Å². The molecule has 240 valence electrons. The molecule has 0 saturated carbocycles. The molecule has 4 aromatic carbocycles. The number of aliphatic imine (C=N–C) groups is 1. The van der Waals surface area contributed by atoms with E-state index in [0.29, 0.717) is 0 Å². The number of H-pyrrole nitrogens is 2. The number of thiocarbonyl (C=S) groups is 1. The Balaban J connectivity index is 1.46. The van der Waals surface area contributed by atoms with Gasteiger partial charge in [-0.15, -0.1) is 0 Å². The van der Waals surface area contributed by atoms with E-state index in [9.17, 15) is 0 Å². The minimum atomic E-state index is 0.748. The van der Waals surface area contributed by atoms with Crippen LogP contribution in [-0.2, 0) is 0 Å². The predicted molar refractivity (Wildman–Crippen MR) is 215 cm³/mol. The van der Waals surface area contributed by atoms with Gasteiger partial charge >= 0.3 is 0 Å². The molecule has 0 unspecified atom stereocenters. The van der Waals surface area contributed by atoms with E-state index in [2.05, 4.69) is 154 Å². The maximum absolute atomic E-state index is 5.35. The molecule has 5 nitrogen and oxygen atoms in total. The zero-order chi connectivity index (χ0) is 34.1. The summed E-state index contributed by atoms with van der Waals surface area (Å²) in [5.74, 6) is 0. The van der Waals surface area contributed by atoms with E-state index in [0.717, 1.165) is 95.0 Å². The summed E-state index contributed by atoms with van der Waals surface area (Å²) in [4.78, 5) is 22.5. The fourth-order valence-corrected chi connectivity index (χ4v) is 7.10. The number of rotatable bonds is 5. The topological polar surface area (TPSA) is 69.7 Å². The summed E-state index contributed by atoms with van der Waals surface area (Å²) in [5.41, 5.74) is 16.3. The van der Waals surface area contributed by atoms with Crippen LogP contribution in [0.1, 0.15) is 22.8 Å². The van der Waals surface area contributed by atoms with E-state index in [-0.39, 0.29) is 0 Å². The van der Waals surface area contributed by atoms with Crippen LogP contribution in [-0.4, -0.2) is 25.1 Å². The molecule has 0 aliphatic carbocycles. The van der Waals surface area contributed by atoms with Crippen LogP contribution in [0.5, 0.6) is 0 Å². The van der Waals surface area contributed by atoms with E-state index in [1.165, 1.54) is 0 Å². The molecule has 9 rings (SSSR count). The van der Waals surface area contributed by atoms with Crippen LogP contribution in [0.3, 0.4) is 0 Å². The van der Waals surface area contributed by atoms with Gasteiger partial charge in [-0.25, -0.2) is 9.97 Å². The van der Waals surface area contributed by atoms with Crippen molar-refractivity contribution in [3.05, 3.63) is 162 Å². The lowest BCUT2D eigenvalue weighted by Gasteiger charge is -2.07. The lowest BCUT2D eigenvalue weighted by Crippen LogP contribution is -1.89. The van der Waals surface area contributed by atoms with Crippen molar-refractivity contribution >= 4 is 69.4 Å². The first-order chi connectivity index (χ1) is 25.2. The van der Waals surface area contributed by atoms with Crippen molar-refractivity contribution in [1.29, 1.82) is 0 Å². The number of isothiocyanates is 1. The fourth-order valence-electron chi connectivity index (χ4n) is 6.99. The van der Waals surface area contributed by atoms with E-state index >= 15 is 0 Å². The molecule has 6 heteroatoms. The van der Waals surface area contributed by atoms with Crippen LogP contribution in [0.4, 0.5) is 5.69 Å². The first-order valence-corrected chi connectivity index (χ1v) is 17.2. The summed E-state index contributed by atoms with van der Waals surface area (Å²) in [5, 5.41) is 2.47. The second-order valence-electron chi connectivity index (χ2n) is 12.4. The Labute approximate surface area is 300 Å². The Morgan fingerprint density at radius 2 is 0.706 bits per heavy atom. The van der Waals surface area contributed by atoms with E-state index in [4.69, 9.17) is 22.2 Å². The second-order valence-corrected chi connectivity index (χ2v) is 12.5. The quantitative estimate of drug-likeness (QED) is 0.141. The van der Waals surface area contributed by atoms with Gasteiger partial charge in [0.05, 0.1) is 33.6 Å². The summed E-state index contributed by atoms with van der Waals surface area (Å²) in [6.45, 7) is 0. The van der Waals surface area contributed by atoms with Crippen LogP contribution in [0.2, 0.25) is 0 Å². The van der Waals surface area contributed by atoms with Gasteiger partial charge in [-0.05, 0) is 95.2 Å². The van der Waals surface area contributed by atoms with Gasteiger partial charge in [0.15, 0.2) is 0 Å². The lowest BCUT2D eigenvalue weighted by atomic mass is 10.0. The number of fused-ring (bicyclic) bond motifs is 8.